The summed E-state index contributed by atoms with van der Waals surface area (Å²) in [7, 11) is 0. The molecular formula is C10H16N2O. The number of hydrogen-bond donors (Lipinski definition) is 2. The van der Waals surface area contributed by atoms with Crippen LogP contribution >= 0.6 is 0 Å². The molecule has 1 saturated heterocycles. The first-order chi connectivity index (χ1) is 6.36. The van der Waals surface area contributed by atoms with Crippen LogP contribution in [0.3, 0.4) is 0 Å². The number of aliphatic hydroxyl groups is 1. The molecule has 0 bridgehead atoms. The van der Waals surface area contributed by atoms with Crippen LogP contribution in [-0.4, -0.2) is 35.4 Å². The number of nitrogens with one attached hydrogen (secondary N) is 1. The van der Waals surface area contributed by atoms with Gasteiger partial charge in [0, 0.05) is 13.1 Å². The Hall–Kier alpha value is -0.800. The fourth-order valence-electron chi connectivity index (χ4n) is 1.83. The van der Waals surface area contributed by atoms with E-state index in [1.165, 1.54) is 0 Å². The van der Waals surface area contributed by atoms with Crippen molar-refractivity contribution in [3.8, 4) is 0 Å². The van der Waals surface area contributed by atoms with Crippen LogP contribution in [0, 0.1) is 0 Å². The summed E-state index contributed by atoms with van der Waals surface area (Å²) < 4.78 is 0. The van der Waals surface area contributed by atoms with Crippen LogP contribution in [0.5, 0.6) is 0 Å². The number of allylic oxidation sites excluding steroid dienone is 2. The van der Waals surface area contributed by atoms with Crippen molar-refractivity contribution >= 4 is 0 Å². The molecule has 0 spiro atoms. The molecule has 3 heteroatoms. The maximum Gasteiger partial charge on any atom is 0.0984 e. The molecule has 0 saturated carbocycles. The average Bonchev–Trinajstić information content (AvgIpc) is 2.20. The summed E-state index contributed by atoms with van der Waals surface area (Å²) in [5.41, 5.74) is 0. The number of nitrogens with zero attached hydrogens (tertiary/aromatic N) is 1. The molecule has 0 amide bonds. The Morgan fingerprint density at radius 2 is 2.00 bits per heavy atom. The molecule has 72 valence electrons. The normalized spacial score (nSPS) is 30.4. The van der Waals surface area contributed by atoms with Gasteiger partial charge in [0.1, 0.15) is 0 Å². The zero-order valence-corrected chi connectivity index (χ0v) is 7.69. The van der Waals surface area contributed by atoms with Gasteiger partial charge in [-0.05, 0) is 31.2 Å². The topological polar surface area (TPSA) is 35.5 Å². The summed E-state index contributed by atoms with van der Waals surface area (Å²) in [6.45, 7) is 1.97. The van der Waals surface area contributed by atoms with Crippen LogP contribution in [0.15, 0.2) is 24.4 Å². The molecule has 1 fully saturated rings. The predicted molar refractivity (Wildman–Crippen MR) is 52.0 cm³/mol. The zero-order valence-electron chi connectivity index (χ0n) is 7.69. The van der Waals surface area contributed by atoms with Crippen LogP contribution in [0.2, 0.25) is 0 Å². The Labute approximate surface area is 78.7 Å². The van der Waals surface area contributed by atoms with Gasteiger partial charge in [-0.2, -0.15) is 0 Å². The number of piperidine rings is 1. The van der Waals surface area contributed by atoms with Gasteiger partial charge in [-0.25, -0.2) is 0 Å². The third kappa shape index (κ3) is 2.11. The lowest BCUT2D eigenvalue weighted by molar-refractivity contribution is 0.0662. The van der Waals surface area contributed by atoms with Crippen LogP contribution in [0.1, 0.15) is 12.8 Å². The summed E-state index contributed by atoms with van der Waals surface area (Å²) in [4.78, 5) is 2.35. The van der Waals surface area contributed by atoms with Gasteiger partial charge >= 0.3 is 0 Å². The van der Waals surface area contributed by atoms with E-state index >= 15 is 0 Å². The molecular weight excluding hydrogens is 164 g/mol. The lowest BCUT2D eigenvalue weighted by Crippen LogP contribution is -2.47. The number of hydrogen-bond acceptors (Lipinski definition) is 3. The second-order valence-corrected chi connectivity index (χ2v) is 3.62. The first-order valence-corrected chi connectivity index (χ1v) is 4.88. The second kappa shape index (κ2) is 3.94. The van der Waals surface area contributed by atoms with Gasteiger partial charge in [-0.15, -0.1) is 0 Å². The third-order valence-corrected chi connectivity index (χ3v) is 2.66. The second-order valence-electron chi connectivity index (χ2n) is 3.62. The summed E-state index contributed by atoms with van der Waals surface area (Å²) in [5, 5.41) is 12.6. The lowest BCUT2D eigenvalue weighted by Gasteiger charge is -2.35. The molecule has 3 nitrogen and oxygen atoms in total. The molecule has 13 heavy (non-hydrogen) atoms. The van der Waals surface area contributed by atoms with Gasteiger partial charge in [0.15, 0.2) is 0 Å². The highest BCUT2D eigenvalue weighted by Gasteiger charge is 2.21. The van der Waals surface area contributed by atoms with E-state index in [0.717, 1.165) is 25.9 Å². The highest BCUT2D eigenvalue weighted by molar-refractivity contribution is 5.11. The molecule has 0 aromatic carbocycles. The number of likely N-dealkylation sites (tertiary alicyclic amines) is 1. The van der Waals surface area contributed by atoms with Gasteiger partial charge in [-0.1, -0.05) is 6.08 Å². The molecule has 2 rings (SSSR count). The maximum absolute atomic E-state index is 9.35. The maximum atomic E-state index is 9.35. The molecule has 2 heterocycles. The molecule has 2 N–H and O–H groups in total. The number of rotatable bonds is 1. The summed E-state index contributed by atoms with van der Waals surface area (Å²) in [6, 6.07) is 0. The van der Waals surface area contributed by atoms with Crippen molar-refractivity contribution in [3.05, 3.63) is 24.4 Å². The largest absolute Gasteiger partial charge is 0.393 e. The minimum absolute atomic E-state index is 0.0839. The lowest BCUT2D eigenvalue weighted by atomic mass is 10.1. The van der Waals surface area contributed by atoms with Crippen LogP contribution in [0.25, 0.3) is 0 Å². The SMILES string of the molecule is OC1CCN(C2C=CC=CN2)CC1. The van der Waals surface area contributed by atoms with Crippen LogP contribution in [0.4, 0.5) is 0 Å². The smallest absolute Gasteiger partial charge is 0.0984 e. The Kier molecular flexibility index (Phi) is 2.66. The van der Waals surface area contributed by atoms with Crippen molar-refractivity contribution in [2.75, 3.05) is 13.1 Å². The third-order valence-electron chi connectivity index (χ3n) is 2.66. The first-order valence-electron chi connectivity index (χ1n) is 4.88. The number of aliphatic hydroxyl groups excluding tert-OH is 1. The molecule has 0 aromatic rings. The Morgan fingerprint density at radius 1 is 1.23 bits per heavy atom. The van der Waals surface area contributed by atoms with Gasteiger partial charge < -0.3 is 10.4 Å². The van der Waals surface area contributed by atoms with E-state index in [9.17, 15) is 5.11 Å². The summed E-state index contributed by atoms with van der Waals surface area (Å²) >= 11 is 0. The highest BCUT2D eigenvalue weighted by atomic mass is 16.3. The Balaban J connectivity index is 1.87. The van der Waals surface area contributed by atoms with Gasteiger partial charge in [0.2, 0.25) is 0 Å². The Bertz CT molecular complexity index is 217. The molecule has 1 atom stereocenters. The zero-order chi connectivity index (χ0) is 9.10. The van der Waals surface area contributed by atoms with Gasteiger partial charge in [-0.3, -0.25) is 4.90 Å². The van der Waals surface area contributed by atoms with E-state index in [0.29, 0.717) is 6.17 Å². The predicted octanol–water partition coefficient (Wildman–Crippen LogP) is 0.442. The van der Waals surface area contributed by atoms with Crippen molar-refractivity contribution in [1.82, 2.24) is 10.2 Å². The van der Waals surface area contributed by atoms with Gasteiger partial charge in [0.05, 0.1) is 12.3 Å². The first kappa shape index (κ1) is 8.78. The molecule has 2 aliphatic heterocycles. The van der Waals surface area contributed by atoms with Crippen LogP contribution < -0.4 is 5.32 Å². The van der Waals surface area contributed by atoms with E-state index in [-0.39, 0.29) is 6.10 Å². The fraction of sp³-hybridized carbons (Fsp3) is 0.600. The minimum atomic E-state index is -0.0839. The fourth-order valence-corrected chi connectivity index (χ4v) is 1.83. The van der Waals surface area contributed by atoms with E-state index in [2.05, 4.69) is 22.4 Å². The quantitative estimate of drug-likeness (QED) is 0.614. The molecule has 0 aromatic heterocycles. The van der Waals surface area contributed by atoms with Crippen molar-refractivity contribution in [1.29, 1.82) is 0 Å². The van der Waals surface area contributed by atoms with Crippen molar-refractivity contribution < 1.29 is 5.11 Å². The van der Waals surface area contributed by atoms with Crippen molar-refractivity contribution in [3.63, 3.8) is 0 Å². The van der Waals surface area contributed by atoms with E-state index in [1.807, 2.05) is 12.3 Å². The highest BCUT2D eigenvalue weighted by Crippen LogP contribution is 2.13. The minimum Gasteiger partial charge on any atom is -0.393 e. The van der Waals surface area contributed by atoms with Crippen molar-refractivity contribution in [2.24, 2.45) is 0 Å². The molecule has 0 aliphatic carbocycles. The van der Waals surface area contributed by atoms with Crippen LogP contribution in [-0.2, 0) is 0 Å². The molecule has 0 radical (unpaired) electrons. The van der Waals surface area contributed by atoms with Crippen molar-refractivity contribution in [2.45, 2.75) is 25.1 Å². The average molecular weight is 180 g/mol. The Morgan fingerprint density at radius 3 is 2.62 bits per heavy atom. The van der Waals surface area contributed by atoms with E-state index < -0.39 is 0 Å². The van der Waals surface area contributed by atoms with E-state index in [4.69, 9.17) is 0 Å². The monoisotopic (exact) mass is 180 g/mol. The molecule has 2 aliphatic rings. The standard InChI is InChI=1S/C10H16N2O/c13-9-4-7-12(8-5-9)10-3-1-2-6-11-10/h1-3,6,9-11,13H,4-5,7-8H2. The van der Waals surface area contributed by atoms with E-state index in [1.54, 1.807) is 0 Å². The summed E-state index contributed by atoms with van der Waals surface area (Å²) in [5.74, 6) is 0. The van der Waals surface area contributed by atoms with Gasteiger partial charge in [0.25, 0.3) is 0 Å². The number of dihydropyridines is 1. The molecule has 1 unspecified atom stereocenters. The summed E-state index contributed by atoms with van der Waals surface area (Å²) in [6.07, 6.45) is 10.2.